The van der Waals surface area contributed by atoms with Crippen molar-refractivity contribution in [1.29, 1.82) is 0 Å². The summed E-state index contributed by atoms with van der Waals surface area (Å²) in [5.41, 5.74) is 2.61. The van der Waals surface area contributed by atoms with Gasteiger partial charge in [-0.1, -0.05) is 27.5 Å². The van der Waals surface area contributed by atoms with Crippen molar-refractivity contribution in [3.63, 3.8) is 0 Å². The van der Waals surface area contributed by atoms with Gasteiger partial charge in [-0.15, -0.1) is 0 Å². The van der Waals surface area contributed by atoms with Crippen LogP contribution in [0.25, 0.3) is 0 Å². The van der Waals surface area contributed by atoms with E-state index in [1.807, 2.05) is 6.07 Å². The van der Waals surface area contributed by atoms with Gasteiger partial charge >= 0.3 is 0 Å². The Morgan fingerprint density at radius 1 is 1.50 bits per heavy atom. The summed E-state index contributed by atoms with van der Waals surface area (Å²) in [6, 6.07) is 4.18. The van der Waals surface area contributed by atoms with Crippen molar-refractivity contribution in [2.45, 2.75) is 26.2 Å². The quantitative estimate of drug-likeness (QED) is 0.872. The molecule has 0 aliphatic carbocycles. The Morgan fingerprint density at radius 3 is 3.00 bits per heavy atom. The summed E-state index contributed by atoms with van der Waals surface area (Å²) in [4.78, 5) is 0. The van der Waals surface area contributed by atoms with E-state index < -0.39 is 0 Å². The minimum absolute atomic E-state index is 0.762. The molecule has 1 nitrogen and oxygen atoms in total. The number of hydrogen-bond donors (Lipinski definition) is 1. The topological polar surface area (TPSA) is 12.0 Å². The van der Waals surface area contributed by atoms with Gasteiger partial charge in [-0.05, 0) is 68.5 Å². The molecule has 0 aromatic heterocycles. The number of hydrogen-bond acceptors (Lipinski definition) is 1. The molecule has 88 valence electrons. The smallest absolute Gasteiger partial charge is 0.0449 e. The molecule has 0 bridgehead atoms. The minimum atomic E-state index is 0.762. The van der Waals surface area contributed by atoms with Crippen molar-refractivity contribution in [1.82, 2.24) is 5.32 Å². The van der Waals surface area contributed by atoms with Crippen LogP contribution in [0.15, 0.2) is 16.6 Å². The summed E-state index contributed by atoms with van der Waals surface area (Å²) in [5, 5.41) is 4.33. The highest BCUT2D eigenvalue weighted by atomic mass is 79.9. The molecule has 1 aliphatic heterocycles. The zero-order chi connectivity index (χ0) is 11.5. The van der Waals surface area contributed by atoms with Crippen LogP contribution >= 0.6 is 27.5 Å². The number of nitrogens with one attached hydrogen (secondary N) is 1. The molecule has 1 aromatic rings. The van der Waals surface area contributed by atoms with Crippen LogP contribution in [-0.2, 0) is 6.42 Å². The molecule has 1 atom stereocenters. The van der Waals surface area contributed by atoms with Gasteiger partial charge in [0.05, 0.1) is 0 Å². The molecular weight excluding hydrogens is 286 g/mol. The summed E-state index contributed by atoms with van der Waals surface area (Å²) in [5.74, 6) is 0.762. The van der Waals surface area contributed by atoms with Crippen molar-refractivity contribution in [3.05, 3.63) is 32.8 Å². The fourth-order valence-corrected chi connectivity index (χ4v) is 3.20. The zero-order valence-electron chi connectivity index (χ0n) is 9.52. The number of rotatable bonds is 2. The zero-order valence-corrected chi connectivity index (χ0v) is 11.9. The molecule has 16 heavy (non-hydrogen) atoms. The molecule has 1 N–H and O–H groups in total. The summed E-state index contributed by atoms with van der Waals surface area (Å²) in [7, 11) is 0. The van der Waals surface area contributed by atoms with E-state index in [4.69, 9.17) is 11.6 Å². The van der Waals surface area contributed by atoms with Crippen LogP contribution < -0.4 is 5.32 Å². The molecule has 0 amide bonds. The molecule has 1 aliphatic rings. The lowest BCUT2D eigenvalue weighted by molar-refractivity contribution is 0.375. The van der Waals surface area contributed by atoms with Crippen molar-refractivity contribution < 1.29 is 0 Å². The SMILES string of the molecule is Cc1c(Cl)cc(Br)cc1CC1CCCNC1. The maximum atomic E-state index is 6.19. The van der Waals surface area contributed by atoms with Crippen LogP contribution in [0.2, 0.25) is 5.02 Å². The molecule has 0 saturated carbocycles. The van der Waals surface area contributed by atoms with Gasteiger partial charge in [0.15, 0.2) is 0 Å². The Balaban J connectivity index is 2.13. The summed E-state index contributed by atoms with van der Waals surface area (Å²) >= 11 is 9.70. The second kappa shape index (κ2) is 5.52. The minimum Gasteiger partial charge on any atom is -0.316 e. The highest BCUT2D eigenvalue weighted by Gasteiger charge is 2.15. The van der Waals surface area contributed by atoms with Gasteiger partial charge in [-0.2, -0.15) is 0 Å². The van der Waals surface area contributed by atoms with Crippen LogP contribution in [0.5, 0.6) is 0 Å². The number of piperidine rings is 1. The van der Waals surface area contributed by atoms with Crippen molar-refractivity contribution in [2.75, 3.05) is 13.1 Å². The van der Waals surface area contributed by atoms with Crippen LogP contribution in [0.4, 0.5) is 0 Å². The third-order valence-electron chi connectivity index (χ3n) is 3.32. The lowest BCUT2D eigenvalue weighted by Crippen LogP contribution is -2.31. The van der Waals surface area contributed by atoms with Gasteiger partial charge < -0.3 is 5.32 Å². The fourth-order valence-electron chi connectivity index (χ4n) is 2.32. The summed E-state index contributed by atoms with van der Waals surface area (Å²) in [6.07, 6.45) is 3.76. The van der Waals surface area contributed by atoms with Gasteiger partial charge in [0.2, 0.25) is 0 Å². The summed E-state index contributed by atoms with van der Waals surface area (Å²) < 4.78 is 1.09. The molecule has 1 fully saturated rings. The van der Waals surface area contributed by atoms with E-state index in [1.54, 1.807) is 0 Å². The molecule has 0 spiro atoms. The standard InChI is InChI=1S/C13H17BrClN/c1-9-11(6-12(14)7-13(9)15)5-10-3-2-4-16-8-10/h6-7,10,16H,2-5,8H2,1H3. The average Bonchev–Trinajstić information content (AvgIpc) is 2.27. The van der Waals surface area contributed by atoms with E-state index in [2.05, 4.69) is 34.2 Å². The van der Waals surface area contributed by atoms with Crippen LogP contribution in [0.3, 0.4) is 0 Å². The molecule has 2 rings (SSSR count). The maximum Gasteiger partial charge on any atom is 0.0449 e. The van der Waals surface area contributed by atoms with Crippen molar-refractivity contribution in [3.8, 4) is 0 Å². The van der Waals surface area contributed by atoms with Crippen molar-refractivity contribution in [2.24, 2.45) is 5.92 Å². The Labute approximate surface area is 111 Å². The van der Waals surface area contributed by atoms with Gasteiger partial charge in [-0.25, -0.2) is 0 Å². The monoisotopic (exact) mass is 301 g/mol. The Bertz CT molecular complexity index is 372. The predicted octanol–water partition coefficient (Wildman–Crippen LogP) is 3.95. The molecule has 1 aromatic carbocycles. The second-order valence-corrected chi connectivity index (χ2v) is 5.91. The summed E-state index contributed by atoms with van der Waals surface area (Å²) in [6.45, 7) is 4.43. The Kier molecular flexibility index (Phi) is 4.28. The lowest BCUT2D eigenvalue weighted by Gasteiger charge is -2.23. The molecule has 1 unspecified atom stereocenters. The number of benzene rings is 1. The second-order valence-electron chi connectivity index (χ2n) is 4.59. The highest BCUT2D eigenvalue weighted by molar-refractivity contribution is 9.10. The van der Waals surface area contributed by atoms with Gasteiger partial charge in [0.25, 0.3) is 0 Å². The molecule has 1 saturated heterocycles. The van der Waals surface area contributed by atoms with Crippen LogP contribution in [0.1, 0.15) is 24.0 Å². The number of halogens is 2. The Hall–Kier alpha value is -0.0500. The van der Waals surface area contributed by atoms with Gasteiger partial charge in [0.1, 0.15) is 0 Å². The predicted molar refractivity (Wildman–Crippen MR) is 73.2 cm³/mol. The third-order valence-corrected chi connectivity index (χ3v) is 4.17. The molecular formula is C13H17BrClN. The van der Waals surface area contributed by atoms with Crippen LogP contribution in [-0.4, -0.2) is 13.1 Å². The van der Waals surface area contributed by atoms with Crippen LogP contribution in [0, 0.1) is 12.8 Å². The molecule has 1 heterocycles. The lowest BCUT2D eigenvalue weighted by atomic mass is 9.90. The normalized spacial score (nSPS) is 21.1. The van der Waals surface area contributed by atoms with Gasteiger partial charge in [0, 0.05) is 9.50 Å². The maximum absolute atomic E-state index is 6.19. The fraction of sp³-hybridized carbons (Fsp3) is 0.538. The average molecular weight is 303 g/mol. The third kappa shape index (κ3) is 2.99. The highest BCUT2D eigenvalue weighted by Crippen LogP contribution is 2.27. The van der Waals surface area contributed by atoms with Crippen molar-refractivity contribution >= 4 is 27.5 Å². The molecule has 3 heteroatoms. The molecule has 0 radical (unpaired) electrons. The van der Waals surface area contributed by atoms with E-state index in [9.17, 15) is 0 Å². The van der Waals surface area contributed by atoms with E-state index in [0.29, 0.717) is 0 Å². The van der Waals surface area contributed by atoms with E-state index in [1.165, 1.54) is 30.5 Å². The Morgan fingerprint density at radius 2 is 2.31 bits per heavy atom. The largest absolute Gasteiger partial charge is 0.316 e. The first-order valence-corrected chi connectivity index (χ1v) is 6.99. The van der Waals surface area contributed by atoms with Gasteiger partial charge in [-0.3, -0.25) is 0 Å². The van der Waals surface area contributed by atoms with E-state index in [-0.39, 0.29) is 0 Å². The van der Waals surface area contributed by atoms with E-state index in [0.717, 1.165) is 28.4 Å². The first kappa shape index (κ1) is 12.4. The van der Waals surface area contributed by atoms with E-state index >= 15 is 0 Å². The first-order chi connectivity index (χ1) is 7.66. The first-order valence-electron chi connectivity index (χ1n) is 5.82.